The summed E-state index contributed by atoms with van der Waals surface area (Å²) in [4.78, 5) is 2.30. The van der Waals surface area contributed by atoms with E-state index in [1.54, 1.807) is 0 Å². The van der Waals surface area contributed by atoms with Crippen LogP contribution in [0.25, 0.3) is 0 Å². The van der Waals surface area contributed by atoms with Crippen molar-refractivity contribution < 1.29 is 0 Å². The summed E-state index contributed by atoms with van der Waals surface area (Å²) in [5, 5.41) is 0. The number of allylic oxidation sites excluding steroid dienone is 2. The molecule has 0 N–H and O–H groups in total. The lowest BCUT2D eigenvalue weighted by molar-refractivity contribution is 0.353. The summed E-state index contributed by atoms with van der Waals surface area (Å²) in [6.45, 7) is 7.00. The molecule has 1 aromatic carbocycles. The third-order valence-electron chi connectivity index (χ3n) is 2.86. The van der Waals surface area contributed by atoms with Gasteiger partial charge in [0.25, 0.3) is 0 Å². The molecule has 1 aromatic rings. The van der Waals surface area contributed by atoms with Crippen LogP contribution in [0.4, 0.5) is 0 Å². The van der Waals surface area contributed by atoms with Crippen LogP contribution in [-0.4, -0.2) is 11.4 Å². The second-order valence-electron chi connectivity index (χ2n) is 4.20. The van der Waals surface area contributed by atoms with Crippen molar-refractivity contribution in [3.8, 4) is 0 Å². The van der Waals surface area contributed by atoms with Crippen molar-refractivity contribution in [1.29, 1.82) is 0 Å². The van der Waals surface area contributed by atoms with E-state index >= 15 is 0 Å². The smallest absolute Gasteiger partial charge is 0.0722 e. The Kier molecular flexibility index (Phi) is 3.85. The van der Waals surface area contributed by atoms with Crippen molar-refractivity contribution in [3.63, 3.8) is 0 Å². The van der Waals surface area contributed by atoms with Crippen LogP contribution in [-0.2, 0) is 0 Å². The molecule has 0 aromatic heterocycles. The Balaban J connectivity index is 2.25. The molecule has 1 aliphatic rings. The van der Waals surface area contributed by atoms with Crippen LogP contribution in [0, 0.1) is 0 Å². The number of hydrogen-bond acceptors (Lipinski definition) is 1. The fraction of sp³-hybridized carbons (Fsp3) is 0.200. The third-order valence-corrected chi connectivity index (χ3v) is 3.39. The zero-order valence-electron chi connectivity index (χ0n) is 9.94. The van der Waals surface area contributed by atoms with E-state index in [-0.39, 0.29) is 6.04 Å². The Labute approximate surface area is 111 Å². The second-order valence-corrected chi connectivity index (χ2v) is 5.12. The van der Waals surface area contributed by atoms with Crippen LogP contribution >= 0.6 is 15.9 Å². The van der Waals surface area contributed by atoms with E-state index in [2.05, 4.69) is 76.9 Å². The van der Waals surface area contributed by atoms with E-state index < -0.39 is 0 Å². The molecule has 0 spiro atoms. The molecule has 17 heavy (non-hydrogen) atoms. The van der Waals surface area contributed by atoms with Crippen molar-refractivity contribution >= 4 is 15.9 Å². The maximum atomic E-state index is 3.95. The summed E-state index contributed by atoms with van der Waals surface area (Å²) >= 11 is 3.46. The summed E-state index contributed by atoms with van der Waals surface area (Å²) in [6.07, 6.45) is 8.52. The van der Waals surface area contributed by atoms with Crippen LogP contribution < -0.4 is 0 Å². The topological polar surface area (TPSA) is 3.24 Å². The highest BCUT2D eigenvalue weighted by molar-refractivity contribution is 9.10. The minimum absolute atomic E-state index is 0.239. The predicted octanol–water partition coefficient (Wildman–Crippen LogP) is 4.45. The lowest BCUT2D eigenvalue weighted by Crippen LogP contribution is -2.24. The van der Waals surface area contributed by atoms with Gasteiger partial charge in [0.15, 0.2) is 0 Å². The van der Waals surface area contributed by atoms with Crippen molar-refractivity contribution in [3.05, 3.63) is 70.9 Å². The van der Waals surface area contributed by atoms with Gasteiger partial charge >= 0.3 is 0 Å². The first-order chi connectivity index (χ1) is 8.20. The molecule has 2 rings (SSSR count). The second kappa shape index (κ2) is 5.37. The van der Waals surface area contributed by atoms with Crippen molar-refractivity contribution in [2.75, 3.05) is 6.54 Å². The first-order valence-corrected chi connectivity index (χ1v) is 6.49. The van der Waals surface area contributed by atoms with Gasteiger partial charge in [0.1, 0.15) is 0 Å². The van der Waals surface area contributed by atoms with Gasteiger partial charge in [0.05, 0.1) is 6.04 Å². The molecular weight excluding hydrogens is 274 g/mol. The number of halogens is 1. The largest absolute Gasteiger partial charge is 0.363 e. The van der Waals surface area contributed by atoms with Gasteiger partial charge in [-0.1, -0.05) is 46.3 Å². The van der Waals surface area contributed by atoms with E-state index in [4.69, 9.17) is 0 Å². The molecule has 1 nitrogen and oxygen atoms in total. The molecule has 1 heterocycles. The standard InChI is InChI=1S/C15H16BrN/c1-3-15(13-6-8-14(16)9-7-13)17-10-4-5-12(2)11-17/h3-9,11,15H,1,10H2,2H3. The Morgan fingerprint density at radius 3 is 2.65 bits per heavy atom. The minimum atomic E-state index is 0.239. The fourth-order valence-corrected chi connectivity index (χ4v) is 2.30. The van der Waals surface area contributed by atoms with Crippen LogP contribution in [0.2, 0.25) is 0 Å². The molecule has 1 unspecified atom stereocenters. The predicted molar refractivity (Wildman–Crippen MR) is 76.7 cm³/mol. The monoisotopic (exact) mass is 289 g/mol. The van der Waals surface area contributed by atoms with Gasteiger partial charge in [-0.15, -0.1) is 6.58 Å². The highest BCUT2D eigenvalue weighted by atomic mass is 79.9. The van der Waals surface area contributed by atoms with Crippen molar-refractivity contribution in [1.82, 2.24) is 4.90 Å². The van der Waals surface area contributed by atoms with Crippen LogP contribution in [0.5, 0.6) is 0 Å². The molecule has 0 saturated heterocycles. The van der Waals surface area contributed by atoms with Gasteiger partial charge in [0.2, 0.25) is 0 Å². The van der Waals surface area contributed by atoms with Crippen LogP contribution in [0.15, 0.2) is 65.3 Å². The molecule has 0 radical (unpaired) electrons. The third kappa shape index (κ3) is 2.89. The molecule has 1 atom stereocenters. The normalized spacial score (nSPS) is 16.6. The lowest BCUT2D eigenvalue weighted by atomic mass is 10.0. The van der Waals surface area contributed by atoms with Crippen molar-refractivity contribution in [2.24, 2.45) is 0 Å². The zero-order chi connectivity index (χ0) is 12.3. The maximum Gasteiger partial charge on any atom is 0.0722 e. The highest BCUT2D eigenvalue weighted by Crippen LogP contribution is 2.25. The summed E-state index contributed by atoms with van der Waals surface area (Å²) < 4.78 is 1.11. The molecule has 0 bridgehead atoms. The summed E-state index contributed by atoms with van der Waals surface area (Å²) in [6, 6.07) is 8.66. The van der Waals surface area contributed by atoms with Gasteiger partial charge in [-0.3, -0.25) is 0 Å². The molecule has 2 heteroatoms. The minimum Gasteiger partial charge on any atom is -0.363 e. The van der Waals surface area contributed by atoms with E-state index in [0.717, 1.165) is 11.0 Å². The van der Waals surface area contributed by atoms with Gasteiger partial charge in [-0.25, -0.2) is 0 Å². The van der Waals surface area contributed by atoms with E-state index in [1.807, 2.05) is 6.08 Å². The Morgan fingerprint density at radius 1 is 1.35 bits per heavy atom. The van der Waals surface area contributed by atoms with Gasteiger partial charge < -0.3 is 4.90 Å². The molecular formula is C15H16BrN. The Bertz CT molecular complexity index is 456. The lowest BCUT2D eigenvalue weighted by Gasteiger charge is -2.30. The molecule has 1 aliphatic heterocycles. The first-order valence-electron chi connectivity index (χ1n) is 5.69. The van der Waals surface area contributed by atoms with Crippen LogP contribution in [0.3, 0.4) is 0 Å². The number of hydrogen-bond donors (Lipinski definition) is 0. The SMILES string of the molecule is C=CC(c1ccc(Br)cc1)N1C=C(C)C=CC1. The molecule has 0 amide bonds. The van der Waals surface area contributed by atoms with Crippen molar-refractivity contribution in [2.45, 2.75) is 13.0 Å². The van der Waals surface area contributed by atoms with E-state index in [1.165, 1.54) is 11.1 Å². The van der Waals surface area contributed by atoms with Gasteiger partial charge in [-0.05, 0) is 30.2 Å². The molecule has 0 aliphatic carbocycles. The zero-order valence-corrected chi connectivity index (χ0v) is 11.5. The van der Waals surface area contributed by atoms with Gasteiger partial charge in [-0.2, -0.15) is 0 Å². The quantitative estimate of drug-likeness (QED) is 0.743. The average Bonchev–Trinajstić information content (AvgIpc) is 2.33. The summed E-state index contributed by atoms with van der Waals surface area (Å²) in [5.41, 5.74) is 2.54. The average molecular weight is 290 g/mol. The molecule has 88 valence electrons. The van der Waals surface area contributed by atoms with E-state index in [0.29, 0.717) is 0 Å². The maximum absolute atomic E-state index is 3.95. The highest BCUT2D eigenvalue weighted by Gasteiger charge is 2.14. The summed E-state index contributed by atoms with van der Waals surface area (Å²) in [5.74, 6) is 0. The number of rotatable bonds is 3. The molecule has 0 fully saturated rings. The van der Waals surface area contributed by atoms with Gasteiger partial charge in [0, 0.05) is 17.2 Å². The number of nitrogens with zero attached hydrogens (tertiary/aromatic N) is 1. The van der Waals surface area contributed by atoms with Crippen LogP contribution in [0.1, 0.15) is 18.5 Å². The Morgan fingerprint density at radius 2 is 2.06 bits per heavy atom. The summed E-state index contributed by atoms with van der Waals surface area (Å²) in [7, 11) is 0. The Hall–Kier alpha value is -1.28. The molecule has 0 saturated carbocycles. The number of benzene rings is 1. The first kappa shape index (κ1) is 12.2. The fourth-order valence-electron chi connectivity index (χ4n) is 2.03. The van der Waals surface area contributed by atoms with E-state index in [9.17, 15) is 0 Å².